The first kappa shape index (κ1) is 20.6. The van der Waals surface area contributed by atoms with Crippen molar-refractivity contribution in [1.29, 1.82) is 0 Å². The zero-order valence-corrected chi connectivity index (χ0v) is 17.6. The van der Waals surface area contributed by atoms with Crippen molar-refractivity contribution in [2.45, 2.75) is 51.5 Å². The number of carbonyl (C=O) groups excluding carboxylic acids is 2. The number of aliphatic carboxylic acids is 1. The number of fused-ring (bicyclic) bond motifs is 1. The molecule has 2 aliphatic rings. The Morgan fingerprint density at radius 3 is 2.47 bits per heavy atom. The maximum atomic E-state index is 13.0. The number of thiophene rings is 1. The minimum absolute atomic E-state index is 0.188. The highest BCUT2D eigenvalue weighted by molar-refractivity contribution is 7.17. The van der Waals surface area contributed by atoms with Crippen LogP contribution in [-0.2, 0) is 29.0 Å². The zero-order chi connectivity index (χ0) is 21.1. The Morgan fingerprint density at radius 1 is 1.00 bits per heavy atom. The molecule has 1 fully saturated rings. The summed E-state index contributed by atoms with van der Waals surface area (Å²) in [6.45, 7) is 0.418. The summed E-state index contributed by atoms with van der Waals surface area (Å²) in [6.07, 6.45) is 5.54. The molecule has 30 heavy (non-hydrogen) atoms. The van der Waals surface area contributed by atoms with Crippen molar-refractivity contribution in [2.75, 3.05) is 5.32 Å². The van der Waals surface area contributed by atoms with Crippen LogP contribution < -0.4 is 10.6 Å². The lowest BCUT2D eigenvalue weighted by atomic mass is 9.79. The number of amides is 2. The first-order valence-electron chi connectivity index (χ1n) is 10.5. The SMILES string of the molecule is O=C(NCc1ccccc1)c1c(NC(=O)C2CCCCC2C(=O)O)sc2c1CCC2. The number of aryl methyl sites for hydroxylation is 1. The van der Waals surface area contributed by atoms with E-state index in [1.807, 2.05) is 30.3 Å². The number of nitrogens with one attached hydrogen (secondary N) is 2. The second-order valence-corrected chi connectivity index (χ2v) is 9.16. The van der Waals surface area contributed by atoms with Crippen LogP contribution in [-0.4, -0.2) is 22.9 Å². The summed E-state index contributed by atoms with van der Waals surface area (Å²) in [4.78, 5) is 38.7. The Morgan fingerprint density at radius 2 is 1.73 bits per heavy atom. The molecule has 1 heterocycles. The second-order valence-electron chi connectivity index (χ2n) is 8.05. The summed E-state index contributed by atoms with van der Waals surface area (Å²) >= 11 is 1.46. The van der Waals surface area contributed by atoms with Gasteiger partial charge >= 0.3 is 5.97 Å². The van der Waals surface area contributed by atoms with E-state index in [0.717, 1.165) is 48.1 Å². The molecule has 0 aliphatic heterocycles. The molecule has 1 aromatic carbocycles. The van der Waals surface area contributed by atoms with Crippen molar-refractivity contribution in [1.82, 2.24) is 5.32 Å². The Kier molecular flexibility index (Phi) is 6.18. The minimum Gasteiger partial charge on any atom is -0.481 e. The van der Waals surface area contributed by atoms with Crippen LogP contribution in [0.15, 0.2) is 30.3 Å². The number of carbonyl (C=O) groups is 3. The number of hydrogen-bond acceptors (Lipinski definition) is 4. The van der Waals surface area contributed by atoms with E-state index in [1.165, 1.54) is 11.3 Å². The normalized spacial score (nSPS) is 20.4. The molecule has 0 spiro atoms. The van der Waals surface area contributed by atoms with E-state index in [9.17, 15) is 19.5 Å². The van der Waals surface area contributed by atoms with Gasteiger partial charge in [-0.1, -0.05) is 43.2 Å². The summed E-state index contributed by atoms with van der Waals surface area (Å²) in [5, 5.41) is 16.0. The van der Waals surface area contributed by atoms with E-state index in [2.05, 4.69) is 10.6 Å². The summed E-state index contributed by atoms with van der Waals surface area (Å²) < 4.78 is 0. The number of anilines is 1. The standard InChI is InChI=1S/C23H26N2O4S/c26-20(15-9-4-5-10-16(15)23(28)29)25-22-19(17-11-6-12-18(17)30-22)21(27)24-13-14-7-2-1-3-8-14/h1-3,7-8,15-16H,4-6,9-13H2,(H,24,27)(H,25,26)(H,28,29). The number of carboxylic acids is 1. The Balaban J connectivity index is 1.53. The fraction of sp³-hybridized carbons (Fsp3) is 0.435. The van der Waals surface area contributed by atoms with E-state index in [0.29, 0.717) is 30.0 Å². The van der Waals surface area contributed by atoms with Crippen molar-refractivity contribution >= 4 is 34.1 Å². The van der Waals surface area contributed by atoms with Gasteiger partial charge in [0.15, 0.2) is 0 Å². The van der Waals surface area contributed by atoms with Crippen LogP contribution in [0, 0.1) is 11.8 Å². The van der Waals surface area contributed by atoms with Crippen LogP contribution >= 0.6 is 11.3 Å². The average molecular weight is 427 g/mol. The summed E-state index contributed by atoms with van der Waals surface area (Å²) in [7, 11) is 0. The van der Waals surface area contributed by atoms with Gasteiger partial charge in [-0.15, -0.1) is 11.3 Å². The van der Waals surface area contributed by atoms with Gasteiger partial charge in [-0.2, -0.15) is 0 Å². The summed E-state index contributed by atoms with van der Waals surface area (Å²) in [5.74, 6) is -2.58. The predicted octanol–water partition coefficient (Wildman–Crippen LogP) is 4.00. The van der Waals surface area contributed by atoms with Crippen LogP contribution in [0.25, 0.3) is 0 Å². The van der Waals surface area contributed by atoms with Crippen molar-refractivity contribution in [3.8, 4) is 0 Å². The van der Waals surface area contributed by atoms with Gasteiger partial charge < -0.3 is 15.7 Å². The van der Waals surface area contributed by atoms with E-state index in [4.69, 9.17) is 0 Å². The lowest BCUT2D eigenvalue weighted by Gasteiger charge is -2.27. The van der Waals surface area contributed by atoms with Crippen molar-refractivity contribution in [3.63, 3.8) is 0 Å². The summed E-state index contributed by atoms with van der Waals surface area (Å²) in [6, 6.07) is 9.70. The Labute approximate surface area is 179 Å². The number of rotatable bonds is 6. The molecule has 7 heteroatoms. The number of hydrogen-bond donors (Lipinski definition) is 3. The van der Waals surface area contributed by atoms with Crippen molar-refractivity contribution < 1.29 is 19.5 Å². The van der Waals surface area contributed by atoms with Crippen molar-refractivity contribution in [3.05, 3.63) is 51.9 Å². The molecule has 6 nitrogen and oxygen atoms in total. The maximum Gasteiger partial charge on any atom is 0.307 e. The molecular weight excluding hydrogens is 400 g/mol. The van der Waals surface area contributed by atoms with Crippen LogP contribution in [0.3, 0.4) is 0 Å². The molecule has 2 aliphatic carbocycles. The van der Waals surface area contributed by atoms with Gasteiger partial charge in [-0.3, -0.25) is 14.4 Å². The second kappa shape index (κ2) is 9.00. The molecule has 1 aromatic heterocycles. The van der Waals surface area contributed by atoms with Gasteiger partial charge in [0.25, 0.3) is 5.91 Å². The Bertz CT molecular complexity index is 954. The molecule has 1 saturated carbocycles. The lowest BCUT2D eigenvalue weighted by molar-refractivity contribution is -0.147. The van der Waals surface area contributed by atoms with Gasteiger partial charge in [0.05, 0.1) is 17.4 Å². The largest absolute Gasteiger partial charge is 0.481 e. The van der Waals surface area contributed by atoms with Gasteiger partial charge in [-0.05, 0) is 43.2 Å². The fourth-order valence-electron chi connectivity index (χ4n) is 4.54. The highest BCUT2D eigenvalue weighted by Crippen LogP contribution is 2.40. The molecule has 2 atom stereocenters. The quantitative estimate of drug-likeness (QED) is 0.651. The molecule has 0 saturated heterocycles. The van der Waals surface area contributed by atoms with Crippen molar-refractivity contribution in [2.24, 2.45) is 11.8 Å². The average Bonchev–Trinajstić information content (AvgIpc) is 3.33. The van der Waals surface area contributed by atoms with Gasteiger partial charge in [-0.25, -0.2) is 0 Å². The molecule has 2 amide bonds. The third-order valence-electron chi connectivity index (χ3n) is 6.10. The van der Waals surface area contributed by atoms with Crippen LogP contribution in [0.5, 0.6) is 0 Å². The zero-order valence-electron chi connectivity index (χ0n) is 16.8. The maximum absolute atomic E-state index is 13.0. The van der Waals surface area contributed by atoms with Gasteiger partial charge in [0.1, 0.15) is 5.00 Å². The first-order valence-corrected chi connectivity index (χ1v) is 11.4. The topological polar surface area (TPSA) is 95.5 Å². The molecule has 0 bridgehead atoms. The third kappa shape index (κ3) is 4.26. The van der Waals surface area contributed by atoms with E-state index < -0.39 is 17.8 Å². The number of benzene rings is 1. The fourth-order valence-corrected chi connectivity index (χ4v) is 5.83. The van der Waals surface area contributed by atoms with Crippen LogP contribution in [0.2, 0.25) is 0 Å². The van der Waals surface area contributed by atoms with Gasteiger partial charge in [0, 0.05) is 11.4 Å². The van der Waals surface area contributed by atoms with Crippen LogP contribution in [0.1, 0.15) is 58.5 Å². The van der Waals surface area contributed by atoms with Gasteiger partial charge in [0.2, 0.25) is 5.91 Å². The van der Waals surface area contributed by atoms with E-state index in [1.54, 1.807) is 0 Å². The van der Waals surface area contributed by atoms with E-state index >= 15 is 0 Å². The molecule has 3 N–H and O–H groups in total. The van der Waals surface area contributed by atoms with E-state index in [-0.39, 0.29) is 11.8 Å². The highest BCUT2D eigenvalue weighted by Gasteiger charge is 2.37. The third-order valence-corrected chi connectivity index (χ3v) is 7.31. The molecule has 2 unspecified atom stereocenters. The minimum atomic E-state index is -0.913. The Hall–Kier alpha value is -2.67. The predicted molar refractivity (Wildman–Crippen MR) is 116 cm³/mol. The molecular formula is C23H26N2O4S. The lowest BCUT2D eigenvalue weighted by Crippen LogP contribution is -2.36. The summed E-state index contributed by atoms with van der Waals surface area (Å²) in [5.41, 5.74) is 2.59. The molecule has 2 aromatic rings. The smallest absolute Gasteiger partial charge is 0.307 e. The number of carboxylic acid groups (broad SMARTS) is 1. The highest BCUT2D eigenvalue weighted by atomic mass is 32.1. The first-order chi connectivity index (χ1) is 14.5. The van der Waals surface area contributed by atoms with Crippen LogP contribution in [0.4, 0.5) is 5.00 Å². The monoisotopic (exact) mass is 426 g/mol. The molecule has 158 valence electrons. The molecule has 0 radical (unpaired) electrons. The molecule has 4 rings (SSSR count).